The summed E-state index contributed by atoms with van der Waals surface area (Å²) in [6.45, 7) is 1.43. The summed E-state index contributed by atoms with van der Waals surface area (Å²) in [5.74, 6) is -2.75. The van der Waals surface area contributed by atoms with Crippen molar-refractivity contribution in [1.82, 2.24) is 9.97 Å². The van der Waals surface area contributed by atoms with Gasteiger partial charge in [-0.15, -0.1) is 0 Å². The third kappa shape index (κ3) is 3.15. The number of nitrogens with zero attached hydrogens (tertiary/aromatic N) is 2. The lowest BCUT2D eigenvalue weighted by molar-refractivity contribution is -0.137. The molecule has 0 aliphatic rings. The van der Waals surface area contributed by atoms with Gasteiger partial charge in [0.1, 0.15) is 5.82 Å². The quantitative estimate of drug-likeness (QED) is 0.864. The Hall–Kier alpha value is -2.51. The number of hydrogen-bond donors (Lipinski definition) is 1. The van der Waals surface area contributed by atoms with Gasteiger partial charge in [-0.3, -0.25) is 0 Å². The molecule has 0 aliphatic carbocycles. The third-order valence-corrected chi connectivity index (χ3v) is 2.61. The van der Waals surface area contributed by atoms with Gasteiger partial charge in [0.15, 0.2) is 11.5 Å². The molecule has 0 aliphatic heterocycles. The summed E-state index contributed by atoms with van der Waals surface area (Å²) < 4.78 is 51.6. The van der Waals surface area contributed by atoms with Gasteiger partial charge in [0.25, 0.3) is 0 Å². The van der Waals surface area contributed by atoms with E-state index in [1.165, 1.54) is 6.92 Å². The minimum Gasteiger partial charge on any atom is -0.477 e. The number of alkyl halides is 3. The molecule has 4 nitrogen and oxygen atoms in total. The van der Waals surface area contributed by atoms with Crippen LogP contribution < -0.4 is 0 Å². The molecule has 0 radical (unpaired) electrons. The van der Waals surface area contributed by atoms with Crippen LogP contribution in [0.4, 0.5) is 17.6 Å². The number of rotatable bonds is 2. The maximum Gasteiger partial charge on any atom is 0.416 e. The smallest absolute Gasteiger partial charge is 0.416 e. The molecule has 0 bridgehead atoms. The van der Waals surface area contributed by atoms with Gasteiger partial charge < -0.3 is 5.11 Å². The Morgan fingerprint density at radius 3 is 2.43 bits per heavy atom. The second-order valence-corrected chi connectivity index (χ2v) is 4.22. The van der Waals surface area contributed by atoms with Crippen molar-refractivity contribution in [2.75, 3.05) is 0 Å². The van der Waals surface area contributed by atoms with E-state index >= 15 is 0 Å². The van der Waals surface area contributed by atoms with E-state index in [2.05, 4.69) is 9.97 Å². The second kappa shape index (κ2) is 5.12. The Morgan fingerprint density at radius 1 is 1.19 bits per heavy atom. The van der Waals surface area contributed by atoms with E-state index in [0.717, 1.165) is 6.07 Å². The van der Waals surface area contributed by atoms with Crippen LogP contribution in [0.25, 0.3) is 11.4 Å². The van der Waals surface area contributed by atoms with E-state index < -0.39 is 40.6 Å². The maximum absolute atomic E-state index is 13.7. The van der Waals surface area contributed by atoms with Crippen LogP contribution >= 0.6 is 0 Å². The summed E-state index contributed by atoms with van der Waals surface area (Å²) in [7, 11) is 0. The van der Waals surface area contributed by atoms with Crippen LogP contribution in [0.1, 0.15) is 21.7 Å². The first-order chi connectivity index (χ1) is 9.68. The molecule has 0 spiro atoms. The fourth-order valence-corrected chi connectivity index (χ4v) is 1.67. The zero-order chi connectivity index (χ0) is 15.8. The molecule has 1 N–H and O–H groups in total. The van der Waals surface area contributed by atoms with Crippen LogP contribution in [0.3, 0.4) is 0 Å². The molecule has 0 atom stereocenters. The number of benzene rings is 1. The Morgan fingerprint density at radius 2 is 1.86 bits per heavy atom. The summed E-state index contributed by atoms with van der Waals surface area (Å²) in [6, 6.07) is 2.92. The highest BCUT2D eigenvalue weighted by molar-refractivity contribution is 5.86. The van der Waals surface area contributed by atoms with Gasteiger partial charge in [-0.2, -0.15) is 13.2 Å². The Labute approximate surface area is 116 Å². The van der Waals surface area contributed by atoms with Crippen molar-refractivity contribution >= 4 is 5.97 Å². The van der Waals surface area contributed by atoms with Gasteiger partial charge in [-0.1, -0.05) is 0 Å². The molecule has 0 amide bonds. The standard InChI is InChI=1S/C13H8F4N2O2/c1-6-4-10(12(20)21)19-11(18-6)8-5-7(13(15,16)17)2-3-9(8)14/h2-5H,1H3,(H,20,21). The van der Waals surface area contributed by atoms with Crippen LogP contribution in [-0.2, 0) is 6.18 Å². The third-order valence-electron chi connectivity index (χ3n) is 2.61. The molecule has 1 aromatic carbocycles. The normalized spacial score (nSPS) is 11.5. The largest absolute Gasteiger partial charge is 0.477 e. The van der Waals surface area contributed by atoms with E-state index in [1.807, 2.05) is 0 Å². The SMILES string of the molecule is Cc1cc(C(=O)O)nc(-c2cc(C(F)(F)F)ccc2F)n1. The maximum atomic E-state index is 13.7. The summed E-state index contributed by atoms with van der Waals surface area (Å²) in [5, 5.41) is 8.87. The Balaban J connectivity index is 2.64. The number of aromatic carboxylic acids is 1. The molecule has 2 rings (SSSR count). The molecule has 1 aromatic heterocycles. The predicted molar refractivity (Wildman–Crippen MR) is 64.1 cm³/mol. The molecule has 110 valence electrons. The van der Waals surface area contributed by atoms with Gasteiger partial charge in [-0.25, -0.2) is 19.2 Å². The van der Waals surface area contributed by atoms with Gasteiger partial charge in [-0.05, 0) is 31.2 Å². The summed E-state index contributed by atoms with van der Waals surface area (Å²) in [4.78, 5) is 18.2. The zero-order valence-electron chi connectivity index (χ0n) is 10.6. The highest BCUT2D eigenvalue weighted by Gasteiger charge is 2.31. The summed E-state index contributed by atoms with van der Waals surface area (Å²) in [5.41, 5.74) is -1.79. The number of aryl methyl sites for hydroxylation is 1. The van der Waals surface area contributed by atoms with E-state index in [0.29, 0.717) is 18.2 Å². The van der Waals surface area contributed by atoms with Crippen molar-refractivity contribution in [2.45, 2.75) is 13.1 Å². The van der Waals surface area contributed by atoms with E-state index in [1.54, 1.807) is 0 Å². The average molecular weight is 300 g/mol. The van der Waals surface area contributed by atoms with Crippen molar-refractivity contribution in [3.63, 3.8) is 0 Å². The van der Waals surface area contributed by atoms with E-state index in [-0.39, 0.29) is 5.69 Å². The minimum atomic E-state index is -4.65. The van der Waals surface area contributed by atoms with E-state index in [4.69, 9.17) is 5.11 Å². The minimum absolute atomic E-state index is 0.203. The van der Waals surface area contributed by atoms with Crippen molar-refractivity contribution in [3.05, 3.63) is 47.0 Å². The summed E-state index contributed by atoms with van der Waals surface area (Å²) in [6.07, 6.45) is -4.65. The fourth-order valence-electron chi connectivity index (χ4n) is 1.67. The van der Waals surface area contributed by atoms with Crippen molar-refractivity contribution in [3.8, 4) is 11.4 Å². The topological polar surface area (TPSA) is 63.1 Å². The monoisotopic (exact) mass is 300 g/mol. The van der Waals surface area contributed by atoms with Gasteiger partial charge >= 0.3 is 12.1 Å². The Bertz CT molecular complexity index is 714. The highest BCUT2D eigenvalue weighted by Crippen LogP contribution is 2.32. The van der Waals surface area contributed by atoms with Gasteiger partial charge in [0, 0.05) is 5.69 Å². The molecule has 21 heavy (non-hydrogen) atoms. The summed E-state index contributed by atoms with van der Waals surface area (Å²) >= 11 is 0. The first kappa shape index (κ1) is 14.9. The zero-order valence-corrected chi connectivity index (χ0v) is 10.6. The van der Waals surface area contributed by atoms with Crippen LogP contribution in [0.15, 0.2) is 24.3 Å². The van der Waals surface area contributed by atoms with Crippen LogP contribution in [0, 0.1) is 12.7 Å². The van der Waals surface area contributed by atoms with Gasteiger partial charge in [0.2, 0.25) is 0 Å². The number of aromatic nitrogens is 2. The highest BCUT2D eigenvalue weighted by atomic mass is 19.4. The molecule has 0 saturated heterocycles. The van der Waals surface area contributed by atoms with Crippen molar-refractivity contribution in [1.29, 1.82) is 0 Å². The number of hydrogen-bond acceptors (Lipinski definition) is 3. The molecular formula is C13H8F4N2O2. The Kier molecular flexibility index (Phi) is 3.63. The number of carboxylic acids is 1. The number of carbonyl (C=O) groups is 1. The molecular weight excluding hydrogens is 292 g/mol. The van der Waals surface area contributed by atoms with Crippen molar-refractivity contribution in [2.24, 2.45) is 0 Å². The first-order valence-corrected chi connectivity index (χ1v) is 5.64. The molecule has 1 heterocycles. The number of carboxylic acid groups (broad SMARTS) is 1. The van der Waals surface area contributed by atoms with Crippen molar-refractivity contribution < 1.29 is 27.5 Å². The first-order valence-electron chi connectivity index (χ1n) is 5.64. The van der Waals surface area contributed by atoms with Crippen LogP contribution in [-0.4, -0.2) is 21.0 Å². The van der Waals surface area contributed by atoms with E-state index in [9.17, 15) is 22.4 Å². The van der Waals surface area contributed by atoms with Crippen LogP contribution in [0.2, 0.25) is 0 Å². The molecule has 8 heteroatoms. The van der Waals surface area contributed by atoms with Gasteiger partial charge in [0.05, 0.1) is 11.1 Å². The lowest BCUT2D eigenvalue weighted by atomic mass is 10.1. The fraction of sp³-hybridized carbons (Fsp3) is 0.154. The lowest BCUT2D eigenvalue weighted by Crippen LogP contribution is -2.08. The molecule has 0 unspecified atom stereocenters. The van der Waals surface area contributed by atoms with Crippen LogP contribution in [0.5, 0.6) is 0 Å². The second-order valence-electron chi connectivity index (χ2n) is 4.22. The number of halogens is 4. The lowest BCUT2D eigenvalue weighted by Gasteiger charge is -2.10. The molecule has 0 saturated carbocycles. The molecule has 2 aromatic rings. The predicted octanol–water partition coefficient (Wildman–Crippen LogP) is 3.31. The average Bonchev–Trinajstić information content (AvgIpc) is 2.37. The molecule has 0 fully saturated rings.